The van der Waals surface area contributed by atoms with Crippen molar-refractivity contribution >= 4 is 64.1 Å². The SMILES string of the molecule is O=C(CS[C@H]1CC(=O)N(c2ccccc2)C1=O)Nc1ccc(Cl)c(Cl)c1. The summed E-state index contributed by atoms with van der Waals surface area (Å²) in [5.41, 5.74) is 1.07. The number of carbonyl (C=O) groups is 3. The van der Waals surface area contributed by atoms with E-state index in [0.29, 0.717) is 21.4 Å². The Hall–Kier alpha value is -2.02. The number of benzene rings is 2. The third-order valence-corrected chi connectivity index (χ3v) is 5.68. The molecule has 2 aromatic rings. The molecule has 0 aliphatic carbocycles. The summed E-state index contributed by atoms with van der Waals surface area (Å²) in [5.74, 6) is -0.795. The Labute approximate surface area is 164 Å². The fourth-order valence-corrected chi connectivity index (χ4v) is 3.76. The van der Waals surface area contributed by atoms with Crippen LogP contribution in [0, 0.1) is 0 Å². The van der Waals surface area contributed by atoms with Crippen molar-refractivity contribution in [3.05, 3.63) is 58.6 Å². The van der Waals surface area contributed by atoms with Crippen molar-refractivity contribution in [2.45, 2.75) is 11.7 Å². The van der Waals surface area contributed by atoms with E-state index >= 15 is 0 Å². The molecule has 0 radical (unpaired) electrons. The van der Waals surface area contributed by atoms with Crippen LogP contribution in [-0.2, 0) is 14.4 Å². The van der Waals surface area contributed by atoms with Gasteiger partial charge in [0.25, 0.3) is 0 Å². The first-order valence-corrected chi connectivity index (χ1v) is 9.54. The molecule has 1 aliphatic heterocycles. The fourth-order valence-electron chi connectivity index (χ4n) is 2.53. The van der Waals surface area contributed by atoms with Crippen molar-refractivity contribution in [2.24, 2.45) is 0 Å². The highest BCUT2D eigenvalue weighted by molar-refractivity contribution is 8.01. The van der Waals surface area contributed by atoms with E-state index in [0.717, 1.165) is 11.8 Å². The normalized spacial score (nSPS) is 16.8. The second-order valence-corrected chi connectivity index (χ2v) is 7.59. The van der Waals surface area contributed by atoms with Gasteiger partial charge >= 0.3 is 0 Å². The fraction of sp³-hybridized carbons (Fsp3) is 0.167. The minimum Gasteiger partial charge on any atom is -0.325 e. The monoisotopic (exact) mass is 408 g/mol. The van der Waals surface area contributed by atoms with E-state index in [1.165, 1.54) is 4.90 Å². The zero-order valence-corrected chi connectivity index (χ0v) is 15.8. The van der Waals surface area contributed by atoms with Gasteiger partial charge in [0.2, 0.25) is 17.7 Å². The van der Waals surface area contributed by atoms with Crippen LogP contribution in [0.15, 0.2) is 48.5 Å². The highest BCUT2D eigenvalue weighted by Gasteiger charge is 2.39. The number of carbonyl (C=O) groups excluding carboxylic acids is 3. The molecule has 0 saturated carbocycles. The summed E-state index contributed by atoms with van der Waals surface area (Å²) in [6, 6.07) is 13.5. The Bertz CT molecular complexity index is 861. The van der Waals surface area contributed by atoms with Crippen molar-refractivity contribution in [2.75, 3.05) is 16.0 Å². The second-order valence-electron chi connectivity index (χ2n) is 5.58. The molecule has 3 rings (SSSR count). The first-order chi connectivity index (χ1) is 12.5. The molecule has 1 heterocycles. The van der Waals surface area contributed by atoms with Gasteiger partial charge in [-0.25, -0.2) is 4.90 Å². The molecule has 0 bridgehead atoms. The van der Waals surface area contributed by atoms with Crippen LogP contribution in [0.5, 0.6) is 0 Å². The Morgan fingerprint density at radius 2 is 1.85 bits per heavy atom. The van der Waals surface area contributed by atoms with E-state index < -0.39 is 5.25 Å². The van der Waals surface area contributed by atoms with Crippen LogP contribution < -0.4 is 10.2 Å². The molecule has 1 fully saturated rings. The molecule has 3 amide bonds. The van der Waals surface area contributed by atoms with E-state index in [1.807, 2.05) is 6.07 Å². The molecule has 1 saturated heterocycles. The van der Waals surface area contributed by atoms with Gasteiger partial charge in [0.15, 0.2) is 0 Å². The molecule has 0 unspecified atom stereocenters. The molecule has 5 nitrogen and oxygen atoms in total. The third kappa shape index (κ3) is 4.20. The quantitative estimate of drug-likeness (QED) is 0.759. The predicted octanol–water partition coefficient (Wildman–Crippen LogP) is 4.00. The molecule has 1 N–H and O–H groups in total. The molecule has 1 aliphatic rings. The van der Waals surface area contributed by atoms with Gasteiger partial charge in [0, 0.05) is 12.1 Å². The lowest BCUT2D eigenvalue weighted by Crippen LogP contribution is -2.31. The molecular formula is C18H14Cl2N2O3S. The first kappa shape index (κ1) is 18.8. The zero-order chi connectivity index (χ0) is 18.7. The molecule has 8 heteroatoms. The Balaban J connectivity index is 1.58. The number of hydrogen-bond donors (Lipinski definition) is 1. The highest BCUT2D eigenvalue weighted by atomic mass is 35.5. The number of amides is 3. The van der Waals surface area contributed by atoms with E-state index in [-0.39, 0.29) is 29.9 Å². The molecule has 26 heavy (non-hydrogen) atoms. The summed E-state index contributed by atoms with van der Waals surface area (Å²) >= 11 is 12.9. The first-order valence-electron chi connectivity index (χ1n) is 7.74. The minimum atomic E-state index is -0.567. The zero-order valence-electron chi connectivity index (χ0n) is 13.4. The Kier molecular flexibility index (Phi) is 5.86. The lowest BCUT2D eigenvalue weighted by atomic mass is 10.3. The standard InChI is InChI=1S/C18H14Cl2N2O3S/c19-13-7-6-11(8-14(13)20)21-16(23)10-26-15-9-17(24)22(18(15)25)12-4-2-1-3-5-12/h1-8,15H,9-10H2,(H,21,23)/t15-/m0/s1. The number of hydrogen-bond acceptors (Lipinski definition) is 4. The summed E-state index contributed by atoms with van der Waals surface area (Å²) in [5, 5.41) is 2.86. The summed E-state index contributed by atoms with van der Waals surface area (Å²) in [7, 11) is 0. The maximum Gasteiger partial charge on any atom is 0.247 e. The lowest BCUT2D eigenvalue weighted by molar-refractivity contribution is -0.121. The lowest BCUT2D eigenvalue weighted by Gasteiger charge is -2.14. The smallest absolute Gasteiger partial charge is 0.247 e. The summed E-state index contributed by atoms with van der Waals surface area (Å²) in [4.78, 5) is 37.9. The van der Waals surface area contributed by atoms with Crippen molar-refractivity contribution in [3.63, 3.8) is 0 Å². The van der Waals surface area contributed by atoms with E-state index in [1.54, 1.807) is 42.5 Å². The molecule has 1 atom stereocenters. The molecular weight excluding hydrogens is 395 g/mol. The van der Waals surface area contributed by atoms with Gasteiger partial charge in [-0.15, -0.1) is 11.8 Å². The second kappa shape index (κ2) is 8.12. The average Bonchev–Trinajstić information content (AvgIpc) is 2.91. The van der Waals surface area contributed by atoms with Crippen molar-refractivity contribution in [1.29, 1.82) is 0 Å². The van der Waals surface area contributed by atoms with Crippen molar-refractivity contribution < 1.29 is 14.4 Å². The largest absolute Gasteiger partial charge is 0.325 e. The highest BCUT2D eigenvalue weighted by Crippen LogP contribution is 2.30. The summed E-state index contributed by atoms with van der Waals surface area (Å²) < 4.78 is 0. The van der Waals surface area contributed by atoms with Crippen molar-refractivity contribution in [3.8, 4) is 0 Å². The van der Waals surface area contributed by atoms with E-state index in [2.05, 4.69) is 5.32 Å². The van der Waals surface area contributed by atoms with E-state index in [4.69, 9.17) is 23.2 Å². The van der Waals surface area contributed by atoms with Crippen LogP contribution in [-0.4, -0.2) is 28.7 Å². The van der Waals surface area contributed by atoms with Crippen LogP contribution in [0.2, 0.25) is 10.0 Å². The van der Waals surface area contributed by atoms with Crippen molar-refractivity contribution in [1.82, 2.24) is 0 Å². The number of imide groups is 1. The Morgan fingerprint density at radius 1 is 1.12 bits per heavy atom. The van der Waals surface area contributed by atoms with Crippen LogP contribution in [0.3, 0.4) is 0 Å². The van der Waals surface area contributed by atoms with Crippen LogP contribution in [0.4, 0.5) is 11.4 Å². The van der Waals surface area contributed by atoms with Gasteiger partial charge in [-0.05, 0) is 30.3 Å². The number of anilines is 2. The van der Waals surface area contributed by atoms with E-state index in [9.17, 15) is 14.4 Å². The average molecular weight is 409 g/mol. The Morgan fingerprint density at radius 3 is 2.54 bits per heavy atom. The number of halogens is 2. The van der Waals surface area contributed by atoms with Gasteiger partial charge in [0.1, 0.15) is 0 Å². The van der Waals surface area contributed by atoms with Gasteiger partial charge in [-0.2, -0.15) is 0 Å². The number of nitrogens with zero attached hydrogens (tertiary/aromatic N) is 1. The molecule has 0 aromatic heterocycles. The molecule has 2 aromatic carbocycles. The topological polar surface area (TPSA) is 66.5 Å². The maximum atomic E-state index is 12.5. The molecule has 134 valence electrons. The van der Waals surface area contributed by atoms with Crippen LogP contribution in [0.1, 0.15) is 6.42 Å². The van der Waals surface area contributed by atoms with Gasteiger partial charge < -0.3 is 5.32 Å². The van der Waals surface area contributed by atoms with Crippen LogP contribution in [0.25, 0.3) is 0 Å². The number of nitrogens with one attached hydrogen (secondary N) is 1. The summed E-state index contributed by atoms with van der Waals surface area (Å²) in [6.45, 7) is 0. The number of thioether (sulfide) groups is 1. The minimum absolute atomic E-state index is 0.0482. The third-order valence-electron chi connectivity index (χ3n) is 3.74. The van der Waals surface area contributed by atoms with Gasteiger partial charge in [-0.1, -0.05) is 41.4 Å². The number of para-hydroxylation sites is 1. The molecule has 0 spiro atoms. The van der Waals surface area contributed by atoms with Gasteiger partial charge in [0.05, 0.1) is 26.7 Å². The number of rotatable bonds is 5. The van der Waals surface area contributed by atoms with Gasteiger partial charge in [-0.3, -0.25) is 14.4 Å². The van der Waals surface area contributed by atoms with Crippen LogP contribution >= 0.6 is 35.0 Å². The summed E-state index contributed by atoms with van der Waals surface area (Å²) in [6.07, 6.45) is 0.0818. The maximum absolute atomic E-state index is 12.5. The predicted molar refractivity (Wildman–Crippen MR) is 105 cm³/mol.